The minimum absolute atomic E-state index is 0.126. The molecule has 0 aliphatic rings. The van der Waals surface area contributed by atoms with Crippen molar-refractivity contribution in [3.8, 4) is 11.8 Å². The zero-order chi connectivity index (χ0) is 18.5. The number of allylic oxidation sites excluding steroid dienone is 1. The predicted octanol–water partition coefficient (Wildman–Crippen LogP) is 3.66. The van der Waals surface area contributed by atoms with Gasteiger partial charge in [0.25, 0.3) is 0 Å². The molecule has 0 saturated heterocycles. The van der Waals surface area contributed by atoms with Crippen LogP contribution in [-0.4, -0.2) is 25.2 Å². The Morgan fingerprint density at radius 3 is 2.24 bits per heavy atom. The molecule has 0 amide bonds. The highest BCUT2D eigenvalue weighted by Gasteiger charge is 2.47. The van der Waals surface area contributed by atoms with Gasteiger partial charge in [0.15, 0.2) is 5.41 Å². The summed E-state index contributed by atoms with van der Waals surface area (Å²) in [5.41, 5.74) is 2.07. The molecule has 4 nitrogen and oxygen atoms in total. The lowest BCUT2D eigenvalue weighted by Crippen LogP contribution is -2.41. The number of rotatable bonds is 8. The van der Waals surface area contributed by atoms with Gasteiger partial charge in [-0.3, -0.25) is 9.59 Å². The maximum absolute atomic E-state index is 12.5. The molecule has 0 N–H and O–H groups in total. The predicted molar refractivity (Wildman–Crippen MR) is 96.6 cm³/mol. The smallest absolute Gasteiger partial charge is 0.323 e. The number of carbonyl (C=O) groups excluding carboxylic acids is 2. The molecule has 0 spiro atoms. The zero-order valence-electron chi connectivity index (χ0n) is 14.8. The van der Waals surface area contributed by atoms with E-state index in [2.05, 4.69) is 24.2 Å². The van der Waals surface area contributed by atoms with Gasteiger partial charge in [-0.15, -0.1) is 5.73 Å². The Balaban J connectivity index is 3.02. The largest absolute Gasteiger partial charge is 0.465 e. The van der Waals surface area contributed by atoms with Gasteiger partial charge in [0.05, 0.1) is 13.2 Å². The fourth-order valence-electron chi connectivity index (χ4n) is 2.30. The Labute approximate surface area is 149 Å². The summed E-state index contributed by atoms with van der Waals surface area (Å²) in [7, 11) is 0. The standard InChI is InChI=1S/C21H24O4/c1-4-7-16-21(19(22)24-5-2,20(23)25-6-3)17-12-11-15-18-13-9-8-10-14-18/h7-10,13-14H,1,5-6,12,16-17H2,2-3H3. The van der Waals surface area contributed by atoms with E-state index in [0.29, 0.717) is 6.42 Å². The lowest BCUT2D eigenvalue weighted by Gasteiger charge is -2.27. The molecule has 0 saturated carbocycles. The molecule has 0 unspecified atom stereocenters. The average molecular weight is 340 g/mol. The molecular weight excluding hydrogens is 316 g/mol. The maximum Gasteiger partial charge on any atom is 0.323 e. The fourth-order valence-corrected chi connectivity index (χ4v) is 2.30. The van der Waals surface area contributed by atoms with Crippen molar-refractivity contribution in [1.82, 2.24) is 0 Å². The third kappa shape index (κ3) is 5.99. The molecule has 1 aromatic rings. The van der Waals surface area contributed by atoms with Crippen LogP contribution in [0, 0.1) is 17.3 Å². The van der Waals surface area contributed by atoms with Crippen LogP contribution in [0.5, 0.6) is 0 Å². The van der Waals surface area contributed by atoms with Gasteiger partial charge in [0, 0.05) is 12.0 Å². The topological polar surface area (TPSA) is 52.6 Å². The van der Waals surface area contributed by atoms with Gasteiger partial charge in [-0.25, -0.2) is 0 Å². The van der Waals surface area contributed by atoms with Crippen molar-refractivity contribution in [2.24, 2.45) is 5.41 Å². The molecule has 0 heterocycles. The summed E-state index contributed by atoms with van der Waals surface area (Å²) in [6.07, 6.45) is 2.25. The van der Waals surface area contributed by atoms with Crippen molar-refractivity contribution < 1.29 is 19.1 Å². The molecular formula is C21H24O4. The van der Waals surface area contributed by atoms with Crippen molar-refractivity contribution >= 4 is 11.9 Å². The molecule has 1 aromatic carbocycles. The van der Waals surface area contributed by atoms with E-state index >= 15 is 0 Å². The monoisotopic (exact) mass is 340 g/mol. The molecule has 1 rings (SSSR count). The van der Waals surface area contributed by atoms with E-state index in [1.54, 1.807) is 19.9 Å². The summed E-state index contributed by atoms with van der Waals surface area (Å²) in [6.45, 7) is 7.28. The number of ether oxygens (including phenoxy) is 2. The lowest BCUT2D eigenvalue weighted by molar-refractivity contribution is -0.172. The van der Waals surface area contributed by atoms with Crippen LogP contribution in [0.2, 0.25) is 0 Å². The summed E-state index contributed by atoms with van der Waals surface area (Å²) < 4.78 is 10.3. The quantitative estimate of drug-likeness (QED) is 0.314. The second-order valence-corrected chi connectivity index (χ2v) is 5.30. The number of hydrogen-bond donors (Lipinski definition) is 0. The van der Waals surface area contributed by atoms with Gasteiger partial charge in [0.2, 0.25) is 0 Å². The highest BCUT2D eigenvalue weighted by Crippen LogP contribution is 2.32. The van der Waals surface area contributed by atoms with Gasteiger partial charge >= 0.3 is 11.9 Å². The van der Waals surface area contributed by atoms with Crippen LogP contribution < -0.4 is 0 Å². The Hall–Kier alpha value is -2.76. The van der Waals surface area contributed by atoms with Crippen LogP contribution in [0.1, 0.15) is 38.7 Å². The van der Waals surface area contributed by atoms with Crippen LogP contribution >= 0.6 is 0 Å². The van der Waals surface area contributed by atoms with Crippen molar-refractivity contribution in [3.05, 3.63) is 54.3 Å². The van der Waals surface area contributed by atoms with Crippen LogP contribution in [0.25, 0.3) is 0 Å². The Morgan fingerprint density at radius 1 is 1.12 bits per heavy atom. The minimum atomic E-state index is -1.41. The van der Waals surface area contributed by atoms with E-state index in [1.165, 1.54) is 0 Å². The molecule has 0 aliphatic carbocycles. The first-order valence-corrected chi connectivity index (χ1v) is 8.33. The highest BCUT2D eigenvalue weighted by atomic mass is 16.6. The van der Waals surface area contributed by atoms with Gasteiger partial charge in [0.1, 0.15) is 0 Å². The summed E-state index contributed by atoms with van der Waals surface area (Å²) in [5.74, 6) is 4.84. The van der Waals surface area contributed by atoms with E-state index in [9.17, 15) is 9.59 Å². The second kappa shape index (κ2) is 10.9. The van der Waals surface area contributed by atoms with E-state index in [0.717, 1.165) is 5.56 Å². The highest BCUT2D eigenvalue weighted by molar-refractivity contribution is 6.00. The zero-order valence-corrected chi connectivity index (χ0v) is 14.8. The first-order valence-electron chi connectivity index (χ1n) is 8.33. The van der Waals surface area contributed by atoms with Crippen LogP contribution in [-0.2, 0) is 19.1 Å². The first-order chi connectivity index (χ1) is 12.1. The maximum atomic E-state index is 12.5. The van der Waals surface area contributed by atoms with Crippen molar-refractivity contribution in [2.45, 2.75) is 33.1 Å². The first kappa shape index (κ1) is 20.3. The molecule has 4 heteroatoms. The Kier molecular flexibility index (Phi) is 8.85. The minimum Gasteiger partial charge on any atom is -0.465 e. The van der Waals surface area contributed by atoms with Crippen LogP contribution in [0.15, 0.2) is 48.7 Å². The summed E-state index contributed by atoms with van der Waals surface area (Å²) in [6, 6.07) is 9.52. The van der Waals surface area contributed by atoms with Gasteiger partial charge < -0.3 is 9.47 Å². The molecule has 0 fully saturated rings. The summed E-state index contributed by atoms with van der Waals surface area (Å²) >= 11 is 0. The SMILES string of the molecule is C=C=CCC(CCC#Cc1ccccc1)(C(=O)OCC)C(=O)OCC. The van der Waals surface area contributed by atoms with Crippen molar-refractivity contribution in [2.75, 3.05) is 13.2 Å². The number of benzene rings is 1. The van der Waals surface area contributed by atoms with E-state index in [4.69, 9.17) is 9.47 Å². The number of esters is 2. The molecule has 25 heavy (non-hydrogen) atoms. The second-order valence-electron chi connectivity index (χ2n) is 5.30. The van der Waals surface area contributed by atoms with Gasteiger partial charge in [-0.2, -0.15) is 0 Å². The lowest BCUT2D eigenvalue weighted by atomic mass is 9.79. The third-order valence-corrected chi connectivity index (χ3v) is 3.61. The molecule has 0 aliphatic heterocycles. The normalized spacial score (nSPS) is 10.0. The third-order valence-electron chi connectivity index (χ3n) is 3.61. The van der Waals surface area contributed by atoms with E-state index < -0.39 is 17.4 Å². The molecule has 0 bridgehead atoms. The van der Waals surface area contributed by atoms with E-state index in [-0.39, 0.29) is 26.1 Å². The van der Waals surface area contributed by atoms with Crippen LogP contribution in [0.4, 0.5) is 0 Å². The van der Waals surface area contributed by atoms with Gasteiger partial charge in [-0.05, 0) is 44.9 Å². The average Bonchev–Trinajstić information content (AvgIpc) is 2.62. The summed E-state index contributed by atoms with van der Waals surface area (Å²) in [4.78, 5) is 25.0. The van der Waals surface area contributed by atoms with E-state index in [1.807, 2.05) is 30.3 Å². The van der Waals surface area contributed by atoms with Gasteiger partial charge in [-0.1, -0.05) is 36.6 Å². The molecule has 0 atom stereocenters. The Morgan fingerprint density at radius 2 is 1.72 bits per heavy atom. The molecule has 0 radical (unpaired) electrons. The summed E-state index contributed by atoms with van der Waals surface area (Å²) in [5, 5.41) is 0. The Bertz CT molecular complexity index is 655. The van der Waals surface area contributed by atoms with Crippen molar-refractivity contribution in [3.63, 3.8) is 0 Å². The number of carbonyl (C=O) groups is 2. The molecule has 132 valence electrons. The van der Waals surface area contributed by atoms with Crippen molar-refractivity contribution in [1.29, 1.82) is 0 Å². The van der Waals surface area contributed by atoms with Crippen LogP contribution in [0.3, 0.4) is 0 Å². The molecule has 0 aromatic heterocycles. The number of hydrogen-bond acceptors (Lipinski definition) is 4. The fraction of sp³-hybridized carbons (Fsp3) is 0.381.